The van der Waals surface area contributed by atoms with Gasteiger partial charge in [0.2, 0.25) is 0 Å². The first kappa shape index (κ1) is 10.4. The first-order valence-electron chi connectivity index (χ1n) is 4.07. The van der Waals surface area contributed by atoms with Crippen LogP contribution in [0, 0.1) is 0 Å². The van der Waals surface area contributed by atoms with Crippen molar-refractivity contribution in [3.8, 4) is 0 Å². The van der Waals surface area contributed by atoms with E-state index in [0.717, 1.165) is 25.2 Å². The van der Waals surface area contributed by atoms with Gasteiger partial charge in [0.05, 0.1) is 0 Å². The summed E-state index contributed by atoms with van der Waals surface area (Å²) in [6.45, 7) is 2.37. The number of rotatable bonds is 5. The number of aromatic nitrogens is 1. The zero-order valence-electron chi connectivity index (χ0n) is 7.26. The van der Waals surface area contributed by atoms with Gasteiger partial charge in [0.1, 0.15) is 5.15 Å². The Morgan fingerprint density at radius 3 is 2.85 bits per heavy atom. The van der Waals surface area contributed by atoms with Crippen LogP contribution in [0.25, 0.3) is 0 Å². The summed E-state index contributed by atoms with van der Waals surface area (Å²) in [4.78, 5) is 3.96. The van der Waals surface area contributed by atoms with Crippen molar-refractivity contribution in [3.05, 3.63) is 29.0 Å². The Morgan fingerprint density at radius 2 is 2.23 bits per heavy atom. The van der Waals surface area contributed by atoms with E-state index in [-0.39, 0.29) is 0 Å². The molecule has 1 aromatic heterocycles. The molecule has 0 amide bonds. The molecule has 0 aliphatic carbocycles. The molecule has 1 heterocycles. The molecule has 1 aromatic rings. The molecular weight excluding hydrogens is 188 g/mol. The van der Waals surface area contributed by atoms with Crippen molar-refractivity contribution in [3.63, 3.8) is 0 Å². The summed E-state index contributed by atoms with van der Waals surface area (Å²) >= 11 is 5.64. The van der Waals surface area contributed by atoms with Crippen LogP contribution in [0.3, 0.4) is 0 Å². The molecule has 0 saturated heterocycles. The zero-order chi connectivity index (χ0) is 9.52. The highest BCUT2D eigenvalue weighted by atomic mass is 35.5. The minimum atomic E-state index is 0.521. The van der Waals surface area contributed by atoms with Crippen LogP contribution in [0.5, 0.6) is 0 Å². The standard InChI is InChI=1S/C8H13ClN4/c9-8-2-1-7(6-12-8)5-11-3-4-13-10/h1-2,6,11,13H,3-5,10H2. The highest BCUT2D eigenvalue weighted by molar-refractivity contribution is 6.29. The normalized spacial score (nSPS) is 10.3. The summed E-state index contributed by atoms with van der Waals surface area (Å²) in [7, 11) is 0. The third-order valence-corrected chi connectivity index (χ3v) is 1.79. The lowest BCUT2D eigenvalue weighted by Gasteiger charge is -2.03. The molecule has 0 atom stereocenters. The maximum Gasteiger partial charge on any atom is 0.129 e. The molecule has 0 spiro atoms. The first-order chi connectivity index (χ1) is 6.33. The minimum Gasteiger partial charge on any atom is -0.311 e. The van der Waals surface area contributed by atoms with Crippen molar-refractivity contribution in [1.82, 2.24) is 15.7 Å². The van der Waals surface area contributed by atoms with E-state index in [0.29, 0.717) is 5.15 Å². The van der Waals surface area contributed by atoms with E-state index in [4.69, 9.17) is 17.4 Å². The Labute approximate surface area is 82.5 Å². The lowest BCUT2D eigenvalue weighted by Crippen LogP contribution is -2.31. The molecule has 0 bridgehead atoms. The van der Waals surface area contributed by atoms with Crippen molar-refractivity contribution in [2.75, 3.05) is 13.1 Å². The third-order valence-electron chi connectivity index (χ3n) is 1.56. The molecule has 0 saturated carbocycles. The van der Waals surface area contributed by atoms with E-state index >= 15 is 0 Å². The van der Waals surface area contributed by atoms with Crippen LogP contribution in [-0.4, -0.2) is 18.1 Å². The van der Waals surface area contributed by atoms with Gasteiger partial charge in [-0.2, -0.15) is 0 Å². The molecule has 13 heavy (non-hydrogen) atoms. The van der Waals surface area contributed by atoms with Gasteiger partial charge < -0.3 is 5.32 Å². The molecular formula is C8H13ClN4. The van der Waals surface area contributed by atoms with Gasteiger partial charge in [-0.1, -0.05) is 17.7 Å². The fraction of sp³-hybridized carbons (Fsp3) is 0.375. The van der Waals surface area contributed by atoms with Gasteiger partial charge in [-0.3, -0.25) is 11.3 Å². The molecule has 4 N–H and O–H groups in total. The molecule has 0 aliphatic rings. The fourth-order valence-corrected chi connectivity index (χ4v) is 1.02. The number of nitrogens with two attached hydrogens (primary N) is 1. The number of hydrazine groups is 1. The van der Waals surface area contributed by atoms with Crippen LogP contribution < -0.4 is 16.6 Å². The van der Waals surface area contributed by atoms with Crippen molar-refractivity contribution >= 4 is 11.6 Å². The monoisotopic (exact) mass is 200 g/mol. The molecule has 0 aliphatic heterocycles. The van der Waals surface area contributed by atoms with Gasteiger partial charge in [0, 0.05) is 25.8 Å². The molecule has 0 radical (unpaired) electrons. The van der Waals surface area contributed by atoms with E-state index in [9.17, 15) is 0 Å². The van der Waals surface area contributed by atoms with Gasteiger partial charge in [-0.15, -0.1) is 0 Å². The van der Waals surface area contributed by atoms with Crippen molar-refractivity contribution < 1.29 is 0 Å². The predicted molar refractivity (Wildman–Crippen MR) is 53.1 cm³/mol. The third kappa shape index (κ3) is 4.19. The zero-order valence-corrected chi connectivity index (χ0v) is 8.01. The summed E-state index contributed by atoms with van der Waals surface area (Å²) < 4.78 is 0. The average Bonchev–Trinajstić information content (AvgIpc) is 2.15. The summed E-state index contributed by atoms with van der Waals surface area (Å²) in [5.41, 5.74) is 3.68. The number of hydrogen-bond donors (Lipinski definition) is 3. The quantitative estimate of drug-likeness (QED) is 0.277. The van der Waals surface area contributed by atoms with E-state index in [1.165, 1.54) is 0 Å². The molecule has 5 heteroatoms. The van der Waals surface area contributed by atoms with Crippen LogP contribution in [0.1, 0.15) is 5.56 Å². The summed E-state index contributed by atoms with van der Waals surface area (Å²) in [6.07, 6.45) is 1.76. The fourth-order valence-electron chi connectivity index (χ4n) is 0.904. The predicted octanol–water partition coefficient (Wildman–Crippen LogP) is 0.288. The van der Waals surface area contributed by atoms with Gasteiger partial charge >= 0.3 is 0 Å². The Morgan fingerprint density at radius 1 is 1.38 bits per heavy atom. The van der Waals surface area contributed by atoms with Crippen LogP contribution in [0.15, 0.2) is 18.3 Å². The highest BCUT2D eigenvalue weighted by Gasteiger charge is 1.92. The Bertz CT molecular complexity index is 236. The second kappa shape index (κ2) is 5.88. The largest absolute Gasteiger partial charge is 0.311 e. The smallest absolute Gasteiger partial charge is 0.129 e. The number of nitrogens with zero attached hydrogens (tertiary/aromatic N) is 1. The number of hydrogen-bond acceptors (Lipinski definition) is 4. The maximum absolute atomic E-state index is 5.64. The summed E-state index contributed by atoms with van der Waals surface area (Å²) in [5.74, 6) is 5.11. The van der Waals surface area contributed by atoms with Crippen molar-refractivity contribution in [2.45, 2.75) is 6.54 Å². The van der Waals surface area contributed by atoms with Crippen molar-refractivity contribution in [1.29, 1.82) is 0 Å². The average molecular weight is 201 g/mol. The van der Waals surface area contributed by atoms with Crippen LogP contribution in [-0.2, 0) is 6.54 Å². The Balaban J connectivity index is 2.25. The lowest BCUT2D eigenvalue weighted by molar-refractivity contribution is 0.627. The molecule has 72 valence electrons. The molecule has 4 nitrogen and oxygen atoms in total. The van der Waals surface area contributed by atoms with Gasteiger partial charge in [-0.25, -0.2) is 4.98 Å². The topological polar surface area (TPSA) is 63.0 Å². The van der Waals surface area contributed by atoms with Crippen LogP contribution >= 0.6 is 11.6 Å². The lowest BCUT2D eigenvalue weighted by atomic mass is 10.3. The molecule has 0 unspecified atom stereocenters. The Kier molecular flexibility index (Phi) is 4.70. The van der Waals surface area contributed by atoms with Crippen LogP contribution in [0.2, 0.25) is 5.15 Å². The van der Waals surface area contributed by atoms with E-state index in [1.807, 2.05) is 6.07 Å². The first-order valence-corrected chi connectivity index (χ1v) is 4.45. The molecule has 0 fully saturated rings. The second-order valence-electron chi connectivity index (χ2n) is 2.62. The summed E-state index contributed by atoms with van der Waals surface area (Å²) in [6, 6.07) is 3.72. The highest BCUT2D eigenvalue weighted by Crippen LogP contribution is 2.04. The second-order valence-corrected chi connectivity index (χ2v) is 3.01. The van der Waals surface area contributed by atoms with Gasteiger partial charge in [0.25, 0.3) is 0 Å². The SMILES string of the molecule is NNCCNCc1ccc(Cl)nc1. The van der Waals surface area contributed by atoms with E-state index < -0.39 is 0 Å². The van der Waals surface area contributed by atoms with Crippen LogP contribution in [0.4, 0.5) is 0 Å². The number of pyridine rings is 1. The minimum absolute atomic E-state index is 0.521. The van der Waals surface area contributed by atoms with Gasteiger partial charge in [0.15, 0.2) is 0 Å². The number of nitrogens with one attached hydrogen (secondary N) is 2. The van der Waals surface area contributed by atoms with E-state index in [1.54, 1.807) is 12.3 Å². The van der Waals surface area contributed by atoms with Crippen molar-refractivity contribution in [2.24, 2.45) is 5.84 Å². The van der Waals surface area contributed by atoms with Gasteiger partial charge in [-0.05, 0) is 11.6 Å². The molecule has 1 rings (SSSR count). The summed E-state index contributed by atoms with van der Waals surface area (Å²) in [5, 5.41) is 3.72. The number of halogens is 1. The van der Waals surface area contributed by atoms with E-state index in [2.05, 4.69) is 15.7 Å². The Hall–Kier alpha value is -0.680. The maximum atomic E-state index is 5.64. The molecule has 0 aromatic carbocycles.